The van der Waals surface area contributed by atoms with Crippen molar-refractivity contribution in [3.63, 3.8) is 0 Å². The van der Waals surface area contributed by atoms with Gasteiger partial charge in [-0.1, -0.05) is 55.2 Å². The molecule has 1 saturated carbocycles. The van der Waals surface area contributed by atoms with E-state index >= 15 is 0 Å². The third kappa shape index (κ3) is 5.51. The van der Waals surface area contributed by atoms with Crippen LogP contribution in [0.4, 0.5) is 0 Å². The molecule has 1 aliphatic carbocycles. The molecule has 0 bridgehead atoms. The van der Waals surface area contributed by atoms with Gasteiger partial charge >= 0.3 is 11.9 Å². The molecule has 1 aliphatic rings. The van der Waals surface area contributed by atoms with E-state index in [0.29, 0.717) is 40.7 Å². The van der Waals surface area contributed by atoms with E-state index in [2.05, 4.69) is 5.32 Å². The fourth-order valence-corrected chi connectivity index (χ4v) is 5.16. The Morgan fingerprint density at radius 3 is 2.24 bits per heavy atom. The zero-order valence-corrected chi connectivity index (χ0v) is 21.1. The van der Waals surface area contributed by atoms with Crippen LogP contribution in [0.5, 0.6) is 5.75 Å². The second-order valence-corrected chi connectivity index (χ2v) is 10.5. The van der Waals surface area contributed by atoms with Gasteiger partial charge in [-0.15, -0.1) is 0 Å². The number of ether oxygens (including phenoxy) is 1. The zero-order valence-electron chi connectivity index (χ0n) is 19.6. The standard InChI is InChI=1S/C26H31Cl2NO5/c1-25(2)17(11-12-26(25,3)24(32)33)14-29-22(23(30)31)13-16-7-9-18(10-8-16)34-15-19-20(27)5-4-6-21(19)28/h4-10,17,22,29H,11-15H2,1-3H3,(H,30,31)(H,32,33)/t17?,22-,26?/m0/s1. The number of rotatable bonds is 10. The Morgan fingerprint density at radius 1 is 1.09 bits per heavy atom. The lowest BCUT2D eigenvalue weighted by Crippen LogP contribution is -2.46. The van der Waals surface area contributed by atoms with E-state index in [9.17, 15) is 19.8 Å². The van der Waals surface area contributed by atoms with Crippen LogP contribution in [0.15, 0.2) is 42.5 Å². The molecule has 0 heterocycles. The number of hydrogen-bond acceptors (Lipinski definition) is 4. The molecule has 0 amide bonds. The van der Waals surface area contributed by atoms with Gasteiger partial charge in [0.2, 0.25) is 0 Å². The van der Waals surface area contributed by atoms with E-state index < -0.39 is 28.8 Å². The first-order valence-corrected chi connectivity index (χ1v) is 12.1. The lowest BCUT2D eigenvalue weighted by atomic mass is 9.65. The quantitative estimate of drug-likeness (QED) is 0.382. The van der Waals surface area contributed by atoms with Gasteiger partial charge < -0.3 is 20.3 Å². The maximum atomic E-state index is 11.9. The summed E-state index contributed by atoms with van der Waals surface area (Å²) in [6.07, 6.45) is 1.63. The molecule has 184 valence electrons. The monoisotopic (exact) mass is 507 g/mol. The zero-order chi connectivity index (χ0) is 25.1. The molecule has 3 atom stereocenters. The predicted octanol–water partition coefficient (Wildman–Crippen LogP) is 5.68. The van der Waals surface area contributed by atoms with Crippen molar-refractivity contribution in [1.29, 1.82) is 0 Å². The van der Waals surface area contributed by atoms with Crippen molar-refractivity contribution in [3.05, 3.63) is 63.6 Å². The van der Waals surface area contributed by atoms with E-state index in [0.717, 1.165) is 12.0 Å². The number of aliphatic carboxylic acids is 2. The fraction of sp³-hybridized carbons (Fsp3) is 0.462. The second-order valence-electron chi connectivity index (χ2n) is 9.73. The molecule has 3 rings (SSSR count). The highest BCUT2D eigenvalue weighted by atomic mass is 35.5. The average Bonchev–Trinajstić information content (AvgIpc) is 3.01. The molecule has 6 nitrogen and oxygen atoms in total. The van der Waals surface area contributed by atoms with Crippen LogP contribution >= 0.6 is 23.2 Å². The lowest BCUT2D eigenvalue weighted by molar-refractivity contribution is -0.154. The van der Waals surface area contributed by atoms with Crippen LogP contribution in [0.1, 0.15) is 44.7 Å². The van der Waals surface area contributed by atoms with Crippen molar-refractivity contribution < 1.29 is 24.5 Å². The normalized spacial score (nSPS) is 22.3. The van der Waals surface area contributed by atoms with Gasteiger partial charge in [0, 0.05) is 15.6 Å². The molecular formula is C26H31Cl2NO5. The smallest absolute Gasteiger partial charge is 0.321 e. The number of nitrogens with one attached hydrogen (secondary N) is 1. The third-order valence-corrected chi connectivity index (χ3v) is 8.33. The third-order valence-electron chi connectivity index (χ3n) is 7.62. The highest BCUT2D eigenvalue weighted by molar-refractivity contribution is 6.35. The first kappa shape index (κ1) is 26.3. The molecule has 3 N–H and O–H groups in total. The summed E-state index contributed by atoms with van der Waals surface area (Å²) >= 11 is 12.4. The highest BCUT2D eigenvalue weighted by Gasteiger charge is 2.55. The number of benzene rings is 2. The fourth-order valence-electron chi connectivity index (χ4n) is 4.65. The summed E-state index contributed by atoms with van der Waals surface area (Å²) in [6, 6.07) is 11.8. The summed E-state index contributed by atoms with van der Waals surface area (Å²) < 4.78 is 5.79. The molecular weight excluding hydrogens is 477 g/mol. The van der Waals surface area contributed by atoms with Gasteiger partial charge in [0.05, 0.1) is 5.41 Å². The maximum absolute atomic E-state index is 11.9. The summed E-state index contributed by atoms with van der Waals surface area (Å²) in [7, 11) is 0. The number of carboxylic acid groups (broad SMARTS) is 2. The molecule has 8 heteroatoms. The van der Waals surface area contributed by atoms with E-state index in [1.54, 1.807) is 37.3 Å². The van der Waals surface area contributed by atoms with Crippen molar-refractivity contribution in [2.45, 2.75) is 52.7 Å². The highest BCUT2D eigenvalue weighted by Crippen LogP contribution is 2.55. The predicted molar refractivity (Wildman–Crippen MR) is 133 cm³/mol. The Hall–Kier alpha value is -2.28. The SMILES string of the molecule is CC1(C(=O)O)CCC(CN[C@@H](Cc2ccc(OCc3c(Cl)cccc3Cl)cc2)C(=O)O)C1(C)C. The van der Waals surface area contributed by atoms with E-state index in [1.165, 1.54) is 0 Å². The average molecular weight is 508 g/mol. The Morgan fingerprint density at radius 2 is 1.71 bits per heavy atom. The lowest BCUT2D eigenvalue weighted by Gasteiger charge is -2.39. The minimum absolute atomic E-state index is 0.0721. The van der Waals surface area contributed by atoms with Gasteiger partial charge in [0.1, 0.15) is 18.4 Å². The molecule has 2 aromatic carbocycles. The van der Waals surface area contributed by atoms with Crippen LogP contribution in [0, 0.1) is 16.7 Å². The topological polar surface area (TPSA) is 95.9 Å². The molecule has 0 spiro atoms. The largest absolute Gasteiger partial charge is 0.489 e. The minimum Gasteiger partial charge on any atom is -0.489 e. The van der Waals surface area contributed by atoms with Crippen LogP contribution in [-0.4, -0.2) is 34.7 Å². The summed E-state index contributed by atoms with van der Waals surface area (Å²) in [5.74, 6) is -1.04. The van der Waals surface area contributed by atoms with Crippen molar-refractivity contribution >= 4 is 35.1 Å². The summed E-state index contributed by atoms with van der Waals surface area (Å²) in [6.45, 7) is 6.39. The number of carbonyl (C=O) groups is 2. The van der Waals surface area contributed by atoms with Crippen molar-refractivity contribution in [2.75, 3.05) is 6.54 Å². The van der Waals surface area contributed by atoms with Gasteiger partial charge in [-0.3, -0.25) is 9.59 Å². The van der Waals surface area contributed by atoms with E-state index in [-0.39, 0.29) is 12.5 Å². The Bertz CT molecular complexity index is 1020. The summed E-state index contributed by atoms with van der Waals surface area (Å²) in [5, 5.41) is 23.7. The molecule has 2 aromatic rings. The number of halogens is 2. The molecule has 0 aliphatic heterocycles. The molecule has 34 heavy (non-hydrogen) atoms. The number of carboxylic acids is 2. The minimum atomic E-state index is -0.939. The van der Waals surface area contributed by atoms with Gasteiger partial charge in [-0.2, -0.15) is 0 Å². The Kier molecular flexibility index (Phi) is 8.17. The number of hydrogen-bond donors (Lipinski definition) is 3. The molecule has 0 radical (unpaired) electrons. The van der Waals surface area contributed by atoms with Crippen LogP contribution in [0.3, 0.4) is 0 Å². The van der Waals surface area contributed by atoms with Crippen LogP contribution < -0.4 is 10.1 Å². The van der Waals surface area contributed by atoms with Crippen molar-refractivity contribution in [1.82, 2.24) is 5.32 Å². The molecule has 2 unspecified atom stereocenters. The van der Waals surface area contributed by atoms with Gasteiger partial charge in [-0.25, -0.2) is 0 Å². The second kappa shape index (κ2) is 10.5. The van der Waals surface area contributed by atoms with Crippen molar-refractivity contribution in [2.24, 2.45) is 16.7 Å². The summed E-state index contributed by atoms with van der Waals surface area (Å²) in [5.41, 5.74) is 0.295. The molecule has 1 fully saturated rings. The van der Waals surface area contributed by atoms with Gasteiger partial charge in [0.15, 0.2) is 0 Å². The molecule has 0 saturated heterocycles. The van der Waals surface area contributed by atoms with Crippen LogP contribution in [-0.2, 0) is 22.6 Å². The van der Waals surface area contributed by atoms with Crippen LogP contribution in [0.2, 0.25) is 10.0 Å². The molecule has 0 aromatic heterocycles. The maximum Gasteiger partial charge on any atom is 0.321 e. The van der Waals surface area contributed by atoms with Crippen LogP contribution in [0.25, 0.3) is 0 Å². The van der Waals surface area contributed by atoms with Gasteiger partial charge in [0.25, 0.3) is 0 Å². The van der Waals surface area contributed by atoms with E-state index in [4.69, 9.17) is 27.9 Å². The summed E-state index contributed by atoms with van der Waals surface area (Å²) in [4.78, 5) is 23.7. The van der Waals surface area contributed by atoms with E-state index in [1.807, 2.05) is 26.0 Å². The Balaban J connectivity index is 1.59. The van der Waals surface area contributed by atoms with Gasteiger partial charge in [-0.05, 0) is 73.9 Å². The first-order chi connectivity index (χ1) is 16.0. The first-order valence-electron chi connectivity index (χ1n) is 11.3. The Labute approximate surface area is 210 Å². The van der Waals surface area contributed by atoms with Crippen molar-refractivity contribution in [3.8, 4) is 5.75 Å².